The van der Waals surface area contributed by atoms with Crippen molar-refractivity contribution >= 4 is 11.8 Å². The van der Waals surface area contributed by atoms with E-state index in [2.05, 4.69) is 37.7 Å². The number of hydrogen-bond donors (Lipinski definition) is 2. The third kappa shape index (κ3) is 3.64. The molecular formula is C12H18N6O. The van der Waals surface area contributed by atoms with Gasteiger partial charge in [0.05, 0.1) is 6.54 Å². The van der Waals surface area contributed by atoms with Gasteiger partial charge < -0.3 is 15.2 Å². The maximum absolute atomic E-state index is 4.91. The van der Waals surface area contributed by atoms with Crippen molar-refractivity contribution in [3.8, 4) is 0 Å². The van der Waals surface area contributed by atoms with Crippen LogP contribution >= 0.6 is 0 Å². The molecule has 0 aromatic carbocycles. The fourth-order valence-electron chi connectivity index (χ4n) is 1.52. The number of aromatic nitrogens is 4. The highest BCUT2D eigenvalue weighted by atomic mass is 16.5. The number of nitrogens with one attached hydrogen (secondary N) is 2. The van der Waals surface area contributed by atoms with Crippen molar-refractivity contribution in [2.45, 2.75) is 33.7 Å². The molecule has 0 saturated carbocycles. The molecule has 0 aliphatic heterocycles. The Morgan fingerprint density at radius 1 is 1.21 bits per heavy atom. The number of anilines is 2. The zero-order chi connectivity index (χ0) is 13.7. The van der Waals surface area contributed by atoms with E-state index in [1.54, 1.807) is 13.1 Å². The molecule has 0 fully saturated rings. The van der Waals surface area contributed by atoms with Crippen LogP contribution in [0.25, 0.3) is 0 Å². The van der Waals surface area contributed by atoms with Crippen molar-refractivity contribution < 1.29 is 4.52 Å². The van der Waals surface area contributed by atoms with E-state index < -0.39 is 0 Å². The molecule has 0 bridgehead atoms. The molecule has 0 aliphatic carbocycles. The van der Waals surface area contributed by atoms with Crippen LogP contribution in [0, 0.1) is 13.8 Å². The van der Waals surface area contributed by atoms with Crippen LogP contribution in [0.1, 0.15) is 30.6 Å². The van der Waals surface area contributed by atoms with Crippen molar-refractivity contribution in [3.05, 3.63) is 23.5 Å². The number of aryl methyl sites for hydroxylation is 2. The highest BCUT2D eigenvalue weighted by Gasteiger charge is 2.06. The lowest BCUT2D eigenvalue weighted by Gasteiger charge is -2.09. The standard InChI is InChI=1S/C12H18N6O/c1-4-5-13-12-15-6-8(2)11(17-12)14-7-10-16-9(3)19-18-10/h6H,4-5,7H2,1-3H3,(H2,13,14,15,17). The second-order valence-corrected chi connectivity index (χ2v) is 4.24. The van der Waals surface area contributed by atoms with Crippen molar-refractivity contribution in [3.63, 3.8) is 0 Å². The summed E-state index contributed by atoms with van der Waals surface area (Å²) in [4.78, 5) is 12.8. The van der Waals surface area contributed by atoms with Gasteiger partial charge in [-0.1, -0.05) is 12.1 Å². The molecule has 2 aromatic heterocycles. The number of hydrogen-bond acceptors (Lipinski definition) is 7. The summed E-state index contributed by atoms with van der Waals surface area (Å²) >= 11 is 0. The SMILES string of the molecule is CCCNc1ncc(C)c(NCc2noc(C)n2)n1. The van der Waals surface area contributed by atoms with Crippen LogP contribution < -0.4 is 10.6 Å². The summed E-state index contributed by atoms with van der Waals surface area (Å²) in [6.45, 7) is 7.14. The van der Waals surface area contributed by atoms with Gasteiger partial charge >= 0.3 is 0 Å². The van der Waals surface area contributed by atoms with Crippen molar-refractivity contribution in [1.29, 1.82) is 0 Å². The molecule has 2 heterocycles. The first-order chi connectivity index (χ1) is 9.19. The summed E-state index contributed by atoms with van der Waals surface area (Å²) in [5.41, 5.74) is 0.974. The Labute approximate surface area is 111 Å². The van der Waals surface area contributed by atoms with Crippen LogP contribution in [0.3, 0.4) is 0 Å². The molecule has 0 amide bonds. The molecule has 0 saturated heterocycles. The quantitative estimate of drug-likeness (QED) is 0.821. The van der Waals surface area contributed by atoms with Gasteiger partial charge in [0.15, 0.2) is 5.82 Å². The number of nitrogens with zero attached hydrogens (tertiary/aromatic N) is 4. The second kappa shape index (κ2) is 6.12. The normalized spacial score (nSPS) is 10.5. The van der Waals surface area contributed by atoms with Gasteiger partial charge in [0, 0.05) is 25.2 Å². The first kappa shape index (κ1) is 13.3. The smallest absolute Gasteiger partial charge is 0.224 e. The molecule has 7 heteroatoms. The predicted octanol–water partition coefficient (Wildman–Crippen LogP) is 1.91. The van der Waals surface area contributed by atoms with E-state index in [1.807, 2.05) is 6.92 Å². The summed E-state index contributed by atoms with van der Waals surface area (Å²) in [7, 11) is 0. The van der Waals surface area contributed by atoms with Crippen LogP contribution in [-0.4, -0.2) is 26.7 Å². The molecule has 2 aromatic rings. The predicted molar refractivity (Wildman–Crippen MR) is 71.9 cm³/mol. The topological polar surface area (TPSA) is 88.8 Å². The average Bonchev–Trinajstić information content (AvgIpc) is 2.82. The highest BCUT2D eigenvalue weighted by molar-refractivity contribution is 5.46. The van der Waals surface area contributed by atoms with Gasteiger partial charge in [0.1, 0.15) is 5.82 Å². The molecule has 0 unspecified atom stereocenters. The molecule has 2 N–H and O–H groups in total. The molecule has 19 heavy (non-hydrogen) atoms. The van der Waals surface area contributed by atoms with E-state index in [9.17, 15) is 0 Å². The average molecular weight is 262 g/mol. The third-order valence-corrected chi connectivity index (χ3v) is 2.49. The van der Waals surface area contributed by atoms with Gasteiger partial charge in [-0.2, -0.15) is 9.97 Å². The zero-order valence-corrected chi connectivity index (χ0v) is 11.4. The Hall–Kier alpha value is -2.18. The summed E-state index contributed by atoms with van der Waals surface area (Å²) in [6.07, 6.45) is 2.82. The largest absolute Gasteiger partial charge is 0.362 e. The van der Waals surface area contributed by atoms with E-state index in [0.717, 1.165) is 24.3 Å². The monoisotopic (exact) mass is 262 g/mol. The molecule has 0 atom stereocenters. The molecule has 0 aliphatic rings. The minimum absolute atomic E-state index is 0.475. The maximum Gasteiger partial charge on any atom is 0.224 e. The van der Waals surface area contributed by atoms with Gasteiger partial charge in [-0.15, -0.1) is 0 Å². The molecule has 102 valence electrons. The van der Waals surface area contributed by atoms with Crippen molar-refractivity contribution in [2.24, 2.45) is 0 Å². The van der Waals surface area contributed by atoms with E-state index in [-0.39, 0.29) is 0 Å². The lowest BCUT2D eigenvalue weighted by atomic mass is 10.3. The van der Waals surface area contributed by atoms with E-state index in [0.29, 0.717) is 24.2 Å². The third-order valence-electron chi connectivity index (χ3n) is 2.49. The molecular weight excluding hydrogens is 244 g/mol. The minimum atomic E-state index is 0.475. The van der Waals surface area contributed by atoms with Crippen LogP contribution in [0.2, 0.25) is 0 Å². The Morgan fingerprint density at radius 2 is 2.05 bits per heavy atom. The Bertz CT molecular complexity index is 539. The van der Waals surface area contributed by atoms with Gasteiger partial charge in [-0.3, -0.25) is 0 Å². The summed E-state index contributed by atoms with van der Waals surface area (Å²) in [5.74, 6) is 2.57. The minimum Gasteiger partial charge on any atom is -0.362 e. The maximum atomic E-state index is 4.91. The Kier molecular flexibility index (Phi) is 4.27. The summed E-state index contributed by atoms with van der Waals surface area (Å²) in [5, 5.41) is 10.2. The number of rotatable bonds is 6. The molecule has 0 spiro atoms. The van der Waals surface area contributed by atoms with Gasteiger partial charge in [-0.25, -0.2) is 4.98 Å². The fraction of sp³-hybridized carbons (Fsp3) is 0.500. The second-order valence-electron chi connectivity index (χ2n) is 4.24. The molecule has 0 radical (unpaired) electrons. The van der Waals surface area contributed by atoms with Gasteiger partial charge in [0.25, 0.3) is 0 Å². The van der Waals surface area contributed by atoms with Crippen molar-refractivity contribution in [1.82, 2.24) is 20.1 Å². The highest BCUT2D eigenvalue weighted by Crippen LogP contribution is 2.13. The lowest BCUT2D eigenvalue weighted by molar-refractivity contribution is 0.388. The summed E-state index contributed by atoms with van der Waals surface area (Å²) in [6, 6.07) is 0. The van der Waals surface area contributed by atoms with E-state index >= 15 is 0 Å². The van der Waals surface area contributed by atoms with Crippen LogP contribution in [-0.2, 0) is 6.54 Å². The first-order valence-corrected chi connectivity index (χ1v) is 6.29. The van der Waals surface area contributed by atoms with E-state index in [4.69, 9.17) is 4.52 Å². The molecule has 7 nitrogen and oxygen atoms in total. The van der Waals surface area contributed by atoms with Gasteiger partial charge in [0.2, 0.25) is 11.8 Å². The Balaban J connectivity index is 2.02. The fourth-order valence-corrected chi connectivity index (χ4v) is 1.52. The van der Waals surface area contributed by atoms with Crippen LogP contribution in [0.15, 0.2) is 10.7 Å². The van der Waals surface area contributed by atoms with E-state index in [1.165, 1.54) is 0 Å². The lowest BCUT2D eigenvalue weighted by Crippen LogP contribution is -2.09. The molecule has 2 rings (SSSR count). The van der Waals surface area contributed by atoms with Crippen LogP contribution in [0.4, 0.5) is 11.8 Å². The van der Waals surface area contributed by atoms with Gasteiger partial charge in [-0.05, 0) is 13.3 Å². The summed E-state index contributed by atoms with van der Waals surface area (Å²) < 4.78 is 4.91. The zero-order valence-electron chi connectivity index (χ0n) is 11.4. The van der Waals surface area contributed by atoms with Crippen molar-refractivity contribution in [2.75, 3.05) is 17.2 Å². The first-order valence-electron chi connectivity index (χ1n) is 6.29. The van der Waals surface area contributed by atoms with Crippen LogP contribution in [0.5, 0.6) is 0 Å². The Morgan fingerprint density at radius 3 is 2.74 bits per heavy atom.